The largest absolute Gasteiger partial charge is 0.481 e. The second kappa shape index (κ2) is 23.4. The predicted octanol–water partition coefficient (Wildman–Crippen LogP) is 8.20. The van der Waals surface area contributed by atoms with E-state index in [0.717, 1.165) is 81.2 Å². The first-order valence-corrected chi connectivity index (χ1v) is 23.1. The van der Waals surface area contributed by atoms with Crippen molar-refractivity contribution in [2.24, 2.45) is 0 Å². The Balaban J connectivity index is 1.78. The number of unbranched alkanes of at least 4 members (excludes halogenated alkanes) is 2. The van der Waals surface area contributed by atoms with Crippen LogP contribution in [0.5, 0.6) is 0 Å². The standard InChI is InChI=1S/C50H64N6O12/c1-9-11-17-67-29(7)47-27(5)35-19-33-25(3)31(13-15-43(57)55-41(49(63)64)23-45(59)60)37(51-33)22-38-32(14-16-44(58)56-42(50(65)66)24-46(61)62)26(4)34(52-38)20-39-48(30(8)68-18-12-10-2)28(6)36(54-39)21-40(47)53-35/h19-22,29-30,41-42,53-54H,9-18,23-24H2,1-8H3,(H,55,57)(H,56,58)(H,59,60)(H,61,62)(H,63,64)(H,65,66). The number of carbonyl (C=O) groups is 6. The lowest BCUT2D eigenvalue weighted by Gasteiger charge is -2.14. The third kappa shape index (κ3) is 12.9. The van der Waals surface area contributed by atoms with Crippen LogP contribution in [-0.4, -0.2) is 101 Å². The fraction of sp³-hybridized carbons (Fsp3) is 0.480. The highest BCUT2D eigenvalue weighted by Crippen LogP contribution is 2.39. The zero-order chi connectivity index (χ0) is 50.0. The number of aryl methyl sites for hydroxylation is 2. The van der Waals surface area contributed by atoms with Crippen molar-refractivity contribution in [2.45, 2.75) is 144 Å². The van der Waals surface area contributed by atoms with Gasteiger partial charge in [0.2, 0.25) is 11.8 Å². The molecule has 2 aliphatic heterocycles. The predicted molar refractivity (Wildman–Crippen MR) is 256 cm³/mol. The van der Waals surface area contributed by atoms with Gasteiger partial charge in [0.1, 0.15) is 12.1 Å². The molecule has 3 aromatic heterocycles. The third-order valence-electron chi connectivity index (χ3n) is 12.4. The number of hydrogen-bond donors (Lipinski definition) is 8. The topological polar surface area (TPSA) is 283 Å². The Labute approximate surface area is 394 Å². The summed E-state index contributed by atoms with van der Waals surface area (Å²) in [6, 6.07) is 4.42. The maximum atomic E-state index is 13.2. The van der Waals surface area contributed by atoms with E-state index in [0.29, 0.717) is 47.1 Å². The number of carboxylic acids is 4. The van der Waals surface area contributed by atoms with Gasteiger partial charge in [-0.05, 0) is 125 Å². The molecule has 5 heterocycles. The highest BCUT2D eigenvalue weighted by molar-refractivity contribution is 5.97. The van der Waals surface area contributed by atoms with Crippen molar-refractivity contribution in [3.63, 3.8) is 0 Å². The molecule has 18 heteroatoms. The summed E-state index contributed by atoms with van der Waals surface area (Å²) in [6.45, 7) is 17.2. The van der Waals surface area contributed by atoms with Crippen LogP contribution >= 0.6 is 0 Å². The summed E-state index contributed by atoms with van der Waals surface area (Å²) in [5.41, 5.74) is 11.7. The van der Waals surface area contributed by atoms with Crippen molar-refractivity contribution >= 4 is 80.1 Å². The van der Waals surface area contributed by atoms with Gasteiger partial charge in [0.25, 0.3) is 0 Å². The average molecular weight is 941 g/mol. The van der Waals surface area contributed by atoms with E-state index < -0.39 is 60.6 Å². The van der Waals surface area contributed by atoms with E-state index in [1.54, 1.807) is 6.07 Å². The number of rotatable bonds is 24. The Hall–Kier alpha value is -6.66. The van der Waals surface area contributed by atoms with Gasteiger partial charge >= 0.3 is 23.9 Å². The van der Waals surface area contributed by atoms with Gasteiger partial charge < -0.3 is 50.5 Å². The molecule has 68 heavy (non-hydrogen) atoms. The van der Waals surface area contributed by atoms with Crippen LogP contribution in [0.1, 0.15) is 163 Å². The minimum absolute atomic E-state index is 0.0813. The van der Waals surface area contributed by atoms with Gasteiger partial charge in [0.15, 0.2) is 0 Å². The van der Waals surface area contributed by atoms with E-state index in [9.17, 15) is 49.2 Å². The number of aromatic nitrogens is 4. The molecular formula is C50H64N6O12. The number of fused-ring (bicyclic) bond motifs is 8. The van der Waals surface area contributed by atoms with Gasteiger partial charge in [-0.2, -0.15) is 0 Å². The number of carbonyl (C=O) groups excluding carboxylic acids is 2. The molecule has 0 saturated carbocycles. The normalized spacial score (nSPS) is 14.4. The van der Waals surface area contributed by atoms with Crippen molar-refractivity contribution < 1.29 is 58.7 Å². The molecule has 0 saturated heterocycles. The van der Waals surface area contributed by atoms with E-state index in [1.165, 1.54) is 0 Å². The minimum atomic E-state index is -1.63. The maximum absolute atomic E-state index is 13.2. The Morgan fingerprint density at radius 1 is 0.574 bits per heavy atom. The van der Waals surface area contributed by atoms with Crippen LogP contribution in [0.15, 0.2) is 24.3 Å². The third-order valence-corrected chi connectivity index (χ3v) is 12.4. The van der Waals surface area contributed by atoms with Crippen LogP contribution in [0, 0.1) is 13.8 Å². The summed E-state index contributed by atoms with van der Waals surface area (Å²) in [4.78, 5) is 90.3. The van der Waals surface area contributed by atoms with Gasteiger partial charge in [-0.1, -0.05) is 26.7 Å². The van der Waals surface area contributed by atoms with Crippen LogP contribution < -0.4 is 10.6 Å². The van der Waals surface area contributed by atoms with E-state index >= 15 is 0 Å². The number of ether oxygens (including phenoxy) is 2. The quantitative estimate of drug-likeness (QED) is 0.0393. The summed E-state index contributed by atoms with van der Waals surface area (Å²) in [7, 11) is 0. The molecule has 0 aliphatic carbocycles. The molecule has 5 rings (SSSR count). The second-order valence-corrected chi connectivity index (χ2v) is 17.4. The summed E-state index contributed by atoms with van der Waals surface area (Å²) >= 11 is 0. The second-order valence-electron chi connectivity index (χ2n) is 17.4. The molecule has 0 aromatic carbocycles. The number of allylic oxidation sites excluding steroid dienone is 4. The van der Waals surface area contributed by atoms with Crippen molar-refractivity contribution in [3.8, 4) is 0 Å². The molecule has 3 aromatic rings. The molecule has 4 atom stereocenters. The molecule has 8 N–H and O–H groups in total. The number of carboxylic acid groups (broad SMARTS) is 4. The zero-order valence-corrected chi connectivity index (χ0v) is 40.1. The lowest BCUT2D eigenvalue weighted by Crippen LogP contribution is -2.42. The van der Waals surface area contributed by atoms with Crippen LogP contribution in [0.4, 0.5) is 0 Å². The van der Waals surface area contributed by atoms with Crippen LogP contribution in [0.2, 0.25) is 0 Å². The average Bonchev–Trinajstić information content (AvgIpc) is 3.93. The van der Waals surface area contributed by atoms with Crippen LogP contribution in [0.25, 0.3) is 44.4 Å². The Kier molecular flexibility index (Phi) is 18.0. The first kappa shape index (κ1) is 52.3. The van der Waals surface area contributed by atoms with Crippen LogP contribution in [-0.2, 0) is 38.2 Å². The summed E-state index contributed by atoms with van der Waals surface area (Å²) in [5, 5.41) is 42.3. The molecule has 8 bridgehead atoms. The Morgan fingerprint density at radius 2 is 0.956 bits per heavy atom. The van der Waals surface area contributed by atoms with Gasteiger partial charge in [-0.25, -0.2) is 19.6 Å². The molecule has 0 spiro atoms. The Morgan fingerprint density at radius 3 is 1.34 bits per heavy atom. The molecule has 366 valence electrons. The summed E-state index contributed by atoms with van der Waals surface area (Å²) < 4.78 is 12.8. The van der Waals surface area contributed by atoms with E-state index in [-0.39, 0.29) is 37.9 Å². The fourth-order valence-electron chi connectivity index (χ4n) is 8.56. The van der Waals surface area contributed by atoms with Gasteiger partial charge in [-0.15, -0.1) is 0 Å². The molecule has 0 radical (unpaired) electrons. The maximum Gasteiger partial charge on any atom is 0.326 e. The number of H-pyrrole nitrogens is 2. The van der Waals surface area contributed by atoms with Crippen LogP contribution in [0.3, 0.4) is 0 Å². The monoisotopic (exact) mass is 940 g/mol. The fourth-order valence-corrected chi connectivity index (χ4v) is 8.56. The van der Waals surface area contributed by atoms with Gasteiger partial charge in [0.05, 0.1) is 47.8 Å². The molecule has 2 amide bonds. The highest BCUT2D eigenvalue weighted by Gasteiger charge is 2.28. The number of hydrogen-bond acceptors (Lipinski definition) is 10. The SMILES string of the molecule is CCCCOC(C)c1c(C)c2cc3[nH]c(cc4nc(cc5nc(cc1[nH]2)C(C)=C5CCC(=O)NC(CC(=O)O)C(=O)O)C(CCC(=O)NC(CC(=O)O)C(=O)O)=C4C)c(C)c3C(C)OCCCC. The van der Waals surface area contributed by atoms with Gasteiger partial charge in [-0.3, -0.25) is 19.2 Å². The molecule has 2 aliphatic rings. The van der Waals surface area contributed by atoms with Gasteiger partial charge in [0, 0.05) is 59.2 Å². The number of aliphatic carboxylic acids is 4. The lowest BCUT2D eigenvalue weighted by molar-refractivity contribution is -0.147. The molecule has 18 nitrogen and oxygen atoms in total. The molecular weight excluding hydrogens is 877 g/mol. The van der Waals surface area contributed by atoms with E-state index in [1.807, 2.05) is 53.7 Å². The number of amides is 2. The molecule has 0 fully saturated rings. The number of nitrogens with one attached hydrogen (secondary N) is 4. The number of nitrogens with zero attached hydrogens (tertiary/aromatic N) is 2. The van der Waals surface area contributed by atoms with Crippen molar-refractivity contribution in [1.82, 2.24) is 30.6 Å². The zero-order valence-electron chi connectivity index (χ0n) is 40.1. The first-order valence-electron chi connectivity index (χ1n) is 23.1. The van der Waals surface area contributed by atoms with Crippen molar-refractivity contribution in [2.75, 3.05) is 13.2 Å². The smallest absolute Gasteiger partial charge is 0.326 e. The van der Waals surface area contributed by atoms with Crippen molar-refractivity contribution in [3.05, 3.63) is 69.3 Å². The Bertz CT molecular complexity index is 2680. The number of aromatic amines is 2. The lowest BCUT2D eigenvalue weighted by atomic mass is 9.97. The first-order chi connectivity index (χ1) is 32.2. The van der Waals surface area contributed by atoms with E-state index in [2.05, 4.69) is 40.5 Å². The van der Waals surface area contributed by atoms with Crippen molar-refractivity contribution in [1.29, 1.82) is 0 Å². The summed E-state index contributed by atoms with van der Waals surface area (Å²) in [6.07, 6.45) is 1.27. The minimum Gasteiger partial charge on any atom is -0.481 e. The highest BCUT2D eigenvalue weighted by atomic mass is 16.5. The summed E-state index contributed by atoms with van der Waals surface area (Å²) in [5.74, 6) is -7.07. The molecule has 4 unspecified atom stereocenters. The van der Waals surface area contributed by atoms with E-state index in [4.69, 9.17) is 19.4 Å².